The number of aliphatic hydroxyl groups excluding tert-OH is 1. The number of para-hydroxylation sites is 1. The second kappa shape index (κ2) is 4.46. The van der Waals surface area contributed by atoms with E-state index in [4.69, 9.17) is 5.73 Å². The van der Waals surface area contributed by atoms with Gasteiger partial charge in [-0.15, -0.1) is 0 Å². The number of pyridine rings is 1. The Balaban J connectivity index is 2.09. The first-order chi connectivity index (χ1) is 8.75. The molecule has 2 aromatic rings. The molecule has 3 N–H and O–H groups in total. The second-order valence-electron chi connectivity index (χ2n) is 4.82. The van der Waals surface area contributed by atoms with Crippen LogP contribution in [0.5, 0.6) is 0 Å². The Morgan fingerprint density at radius 2 is 2.22 bits per heavy atom. The molecule has 1 aromatic heterocycles. The number of piperidine rings is 1. The Bertz CT molecular complexity index is 570. The van der Waals surface area contributed by atoms with Crippen molar-refractivity contribution in [3.05, 3.63) is 30.5 Å². The lowest BCUT2D eigenvalue weighted by molar-refractivity contribution is 0.154. The molecule has 1 atom stereocenters. The van der Waals surface area contributed by atoms with Crippen LogP contribution in [-0.4, -0.2) is 29.3 Å². The van der Waals surface area contributed by atoms with E-state index in [1.165, 1.54) is 0 Å². The molecule has 0 aliphatic carbocycles. The summed E-state index contributed by atoms with van der Waals surface area (Å²) in [6.45, 7) is 1.67. The Morgan fingerprint density at radius 3 is 3.06 bits per heavy atom. The van der Waals surface area contributed by atoms with Crippen LogP contribution >= 0.6 is 0 Å². The largest absolute Gasteiger partial charge is 0.397 e. The van der Waals surface area contributed by atoms with Crippen molar-refractivity contribution >= 4 is 22.3 Å². The Labute approximate surface area is 106 Å². The molecule has 0 amide bonds. The van der Waals surface area contributed by atoms with E-state index in [0.29, 0.717) is 12.2 Å². The summed E-state index contributed by atoms with van der Waals surface area (Å²) in [5, 5.41) is 10.8. The van der Waals surface area contributed by atoms with Gasteiger partial charge >= 0.3 is 0 Å². The minimum Gasteiger partial charge on any atom is -0.397 e. The maximum atomic E-state index is 9.79. The normalized spacial score (nSPS) is 20.3. The van der Waals surface area contributed by atoms with Crippen LogP contribution in [0.1, 0.15) is 12.8 Å². The highest BCUT2D eigenvalue weighted by atomic mass is 16.3. The van der Waals surface area contributed by atoms with Crippen molar-refractivity contribution in [3.63, 3.8) is 0 Å². The fourth-order valence-corrected chi connectivity index (χ4v) is 2.63. The molecule has 1 aliphatic rings. The number of aromatic nitrogens is 1. The van der Waals surface area contributed by atoms with Crippen LogP contribution in [-0.2, 0) is 0 Å². The topological polar surface area (TPSA) is 62.4 Å². The van der Waals surface area contributed by atoms with Crippen molar-refractivity contribution in [2.75, 3.05) is 23.7 Å². The van der Waals surface area contributed by atoms with Gasteiger partial charge in [0.15, 0.2) is 0 Å². The third-order valence-electron chi connectivity index (χ3n) is 3.52. The van der Waals surface area contributed by atoms with Crippen LogP contribution in [0, 0.1) is 0 Å². The van der Waals surface area contributed by atoms with Gasteiger partial charge in [-0.3, -0.25) is 4.98 Å². The maximum Gasteiger partial charge on any atom is 0.0951 e. The number of nitrogen functional groups attached to an aromatic ring is 1. The number of hydrogen-bond donors (Lipinski definition) is 2. The standard InChI is InChI=1S/C14H17N3O/c15-12-5-1-4-11-13(6-7-16-14(11)12)17-8-2-3-10(18)9-17/h1,4-7,10,18H,2-3,8-9,15H2. The molecule has 1 aromatic carbocycles. The Kier molecular flexibility index (Phi) is 2.80. The summed E-state index contributed by atoms with van der Waals surface area (Å²) in [5.41, 5.74) is 8.61. The molecule has 18 heavy (non-hydrogen) atoms. The fraction of sp³-hybridized carbons (Fsp3) is 0.357. The summed E-state index contributed by atoms with van der Waals surface area (Å²) < 4.78 is 0. The van der Waals surface area contributed by atoms with Crippen molar-refractivity contribution in [2.45, 2.75) is 18.9 Å². The molecule has 94 valence electrons. The minimum absolute atomic E-state index is 0.233. The van der Waals surface area contributed by atoms with Gasteiger partial charge in [0.1, 0.15) is 0 Å². The summed E-state index contributed by atoms with van der Waals surface area (Å²) in [4.78, 5) is 6.56. The van der Waals surface area contributed by atoms with Crippen LogP contribution in [0.15, 0.2) is 30.5 Å². The zero-order valence-electron chi connectivity index (χ0n) is 10.2. The molecular weight excluding hydrogens is 226 g/mol. The first-order valence-corrected chi connectivity index (χ1v) is 6.32. The summed E-state index contributed by atoms with van der Waals surface area (Å²) in [6.07, 6.45) is 3.47. The minimum atomic E-state index is -0.233. The number of β-amino-alcohol motifs (C(OH)–C–C–N with tert-alkyl or cyclic N) is 1. The molecule has 0 bridgehead atoms. The summed E-state index contributed by atoms with van der Waals surface area (Å²) in [6, 6.07) is 7.85. The molecule has 0 saturated carbocycles. The van der Waals surface area contributed by atoms with Gasteiger partial charge in [0.05, 0.1) is 17.3 Å². The van der Waals surface area contributed by atoms with Crippen LogP contribution in [0.3, 0.4) is 0 Å². The van der Waals surface area contributed by atoms with Crippen LogP contribution in [0.4, 0.5) is 11.4 Å². The maximum absolute atomic E-state index is 9.79. The van der Waals surface area contributed by atoms with E-state index in [1.54, 1.807) is 6.20 Å². The Morgan fingerprint density at radius 1 is 1.33 bits per heavy atom. The van der Waals surface area contributed by atoms with E-state index in [-0.39, 0.29) is 6.10 Å². The molecular formula is C14H17N3O. The van der Waals surface area contributed by atoms with Gasteiger partial charge < -0.3 is 15.7 Å². The first kappa shape index (κ1) is 11.3. The van der Waals surface area contributed by atoms with Gasteiger partial charge in [0.2, 0.25) is 0 Å². The van der Waals surface area contributed by atoms with E-state index in [2.05, 4.69) is 9.88 Å². The summed E-state index contributed by atoms with van der Waals surface area (Å²) >= 11 is 0. The van der Waals surface area contributed by atoms with Gasteiger partial charge in [0, 0.05) is 30.4 Å². The third kappa shape index (κ3) is 1.88. The number of rotatable bonds is 1. The van der Waals surface area contributed by atoms with E-state index in [0.717, 1.165) is 36.0 Å². The molecule has 1 aliphatic heterocycles. The second-order valence-corrected chi connectivity index (χ2v) is 4.82. The number of nitrogens with zero attached hydrogens (tertiary/aromatic N) is 2. The Hall–Kier alpha value is -1.81. The number of hydrogen-bond acceptors (Lipinski definition) is 4. The van der Waals surface area contributed by atoms with Gasteiger partial charge in [-0.1, -0.05) is 12.1 Å². The van der Waals surface area contributed by atoms with Crippen LogP contribution in [0.25, 0.3) is 10.9 Å². The fourth-order valence-electron chi connectivity index (χ4n) is 2.63. The molecule has 3 rings (SSSR count). The van der Waals surface area contributed by atoms with Gasteiger partial charge in [0.25, 0.3) is 0 Å². The summed E-state index contributed by atoms with van der Waals surface area (Å²) in [7, 11) is 0. The van der Waals surface area contributed by atoms with Crippen LogP contribution in [0.2, 0.25) is 0 Å². The number of nitrogens with two attached hydrogens (primary N) is 1. The third-order valence-corrected chi connectivity index (χ3v) is 3.52. The number of benzene rings is 1. The smallest absolute Gasteiger partial charge is 0.0951 e. The molecule has 4 nitrogen and oxygen atoms in total. The molecule has 2 heterocycles. The first-order valence-electron chi connectivity index (χ1n) is 6.32. The highest BCUT2D eigenvalue weighted by molar-refractivity contribution is 5.98. The predicted octanol–water partition coefficient (Wildman–Crippen LogP) is 1.78. The van der Waals surface area contributed by atoms with E-state index in [9.17, 15) is 5.11 Å². The SMILES string of the molecule is Nc1cccc2c(N3CCCC(O)C3)ccnc12. The van der Waals surface area contributed by atoms with E-state index in [1.807, 2.05) is 24.3 Å². The lowest BCUT2D eigenvalue weighted by atomic mass is 10.1. The number of aliphatic hydroxyl groups is 1. The highest BCUT2D eigenvalue weighted by Gasteiger charge is 2.19. The highest BCUT2D eigenvalue weighted by Crippen LogP contribution is 2.30. The van der Waals surface area contributed by atoms with Gasteiger partial charge in [-0.05, 0) is 25.0 Å². The average molecular weight is 243 g/mol. The van der Waals surface area contributed by atoms with Gasteiger partial charge in [-0.25, -0.2) is 0 Å². The zero-order valence-corrected chi connectivity index (χ0v) is 10.2. The van der Waals surface area contributed by atoms with Crippen molar-refractivity contribution in [3.8, 4) is 0 Å². The molecule has 4 heteroatoms. The lowest BCUT2D eigenvalue weighted by Crippen LogP contribution is -2.38. The number of anilines is 2. The molecule has 1 saturated heterocycles. The monoisotopic (exact) mass is 243 g/mol. The van der Waals surface area contributed by atoms with Crippen molar-refractivity contribution in [1.82, 2.24) is 4.98 Å². The molecule has 1 unspecified atom stereocenters. The van der Waals surface area contributed by atoms with Crippen LogP contribution < -0.4 is 10.6 Å². The summed E-state index contributed by atoms with van der Waals surface area (Å²) in [5.74, 6) is 0. The van der Waals surface area contributed by atoms with Gasteiger partial charge in [-0.2, -0.15) is 0 Å². The van der Waals surface area contributed by atoms with E-state index >= 15 is 0 Å². The molecule has 0 radical (unpaired) electrons. The molecule has 1 fully saturated rings. The predicted molar refractivity (Wildman–Crippen MR) is 73.6 cm³/mol. The molecule has 0 spiro atoms. The van der Waals surface area contributed by atoms with Crippen molar-refractivity contribution in [1.29, 1.82) is 0 Å². The lowest BCUT2D eigenvalue weighted by Gasteiger charge is -2.32. The number of fused-ring (bicyclic) bond motifs is 1. The quantitative estimate of drug-likeness (QED) is 0.749. The average Bonchev–Trinajstić information content (AvgIpc) is 2.39. The van der Waals surface area contributed by atoms with Crippen molar-refractivity contribution in [2.24, 2.45) is 0 Å². The van der Waals surface area contributed by atoms with Crippen molar-refractivity contribution < 1.29 is 5.11 Å². The zero-order chi connectivity index (χ0) is 12.5. The van der Waals surface area contributed by atoms with E-state index < -0.39 is 0 Å².